The van der Waals surface area contributed by atoms with Crippen LogP contribution in [0.3, 0.4) is 0 Å². The van der Waals surface area contributed by atoms with Crippen LogP contribution in [0.25, 0.3) is 5.57 Å². The Morgan fingerprint density at radius 1 is 1.00 bits per heavy atom. The van der Waals surface area contributed by atoms with Crippen LogP contribution in [0.15, 0.2) is 60.2 Å². The van der Waals surface area contributed by atoms with Gasteiger partial charge in [-0.3, -0.25) is 0 Å². The molecule has 2 rings (SSSR count). The maximum atomic E-state index is 8.90. The zero-order valence-electron chi connectivity index (χ0n) is 11.9. The van der Waals surface area contributed by atoms with Crippen molar-refractivity contribution >= 4 is 5.57 Å². The van der Waals surface area contributed by atoms with E-state index in [4.69, 9.17) is 5.11 Å². The highest BCUT2D eigenvalue weighted by Crippen LogP contribution is 2.28. The fraction of sp³-hybridized carbons (Fsp3) is 0.158. The Balaban J connectivity index is 2.66. The van der Waals surface area contributed by atoms with E-state index in [-0.39, 0.29) is 6.61 Å². The van der Waals surface area contributed by atoms with Gasteiger partial charge in [-0.15, -0.1) is 0 Å². The van der Waals surface area contributed by atoms with Crippen molar-refractivity contribution in [2.24, 2.45) is 0 Å². The van der Waals surface area contributed by atoms with Crippen molar-refractivity contribution in [3.8, 4) is 11.8 Å². The average Bonchev–Trinajstić information content (AvgIpc) is 2.48. The van der Waals surface area contributed by atoms with Gasteiger partial charge in [-0.1, -0.05) is 66.4 Å². The summed E-state index contributed by atoms with van der Waals surface area (Å²) in [6.45, 7) is 3.98. The molecule has 0 heterocycles. The van der Waals surface area contributed by atoms with E-state index in [1.165, 1.54) is 11.1 Å². The standard InChI is InChI=1S/C19H18O/c1-15-9-6-7-13-18(15)19(16(2)10-8-14-20)17-11-4-3-5-12-17/h3-7,9,11-13,20H,14H2,1-2H3. The first-order valence-corrected chi connectivity index (χ1v) is 6.66. The van der Waals surface area contributed by atoms with Gasteiger partial charge in [0.15, 0.2) is 0 Å². The van der Waals surface area contributed by atoms with Gasteiger partial charge in [0, 0.05) is 11.1 Å². The Kier molecular flexibility index (Phi) is 4.76. The Hall–Kier alpha value is -2.30. The van der Waals surface area contributed by atoms with Crippen molar-refractivity contribution < 1.29 is 5.11 Å². The van der Waals surface area contributed by atoms with E-state index in [1.54, 1.807) is 0 Å². The Bertz CT molecular complexity index is 670. The molecule has 1 nitrogen and oxygen atoms in total. The second-order valence-electron chi connectivity index (χ2n) is 4.64. The Morgan fingerprint density at radius 3 is 2.30 bits per heavy atom. The summed E-state index contributed by atoms with van der Waals surface area (Å²) in [6, 6.07) is 18.5. The fourth-order valence-corrected chi connectivity index (χ4v) is 2.27. The van der Waals surface area contributed by atoms with E-state index >= 15 is 0 Å². The van der Waals surface area contributed by atoms with E-state index in [9.17, 15) is 0 Å². The second-order valence-corrected chi connectivity index (χ2v) is 4.64. The molecule has 0 spiro atoms. The van der Waals surface area contributed by atoms with Gasteiger partial charge in [0.25, 0.3) is 0 Å². The first kappa shape index (κ1) is 14.1. The number of aryl methyl sites for hydroxylation is 1. The topological polar surface area (TPSA) is 20.2 Å². The summed E-state index contributed by atoms with van der Waals surface area (Å²) < 4.78 is 0. The van der Waals surface area contributed by atoms with Gasteiger partial charge in [-0.2, -0.15) is 0 Å². The smallest absolute Gasteiger partial charge is 0.104 e. The molecule has 0 fully saturated rings. The number of rotatable bonds is 2. The molecule has 0 radical (unpaired) electrons. The minimum Gasteiger partial charge on any atom is -0.384 e. The molecule has 0 aliphatic carbocycles. The van der Waals surface area contributed by atoms with Crippen LogP contribution in [-0.2, 0) is 0 Å². The number of aliphatic hydroxyl groups excluding tert-OH is 1. The summed E-state index contributed by atoms with van der Waals surface area (Å²) in [5.74, 6) is 5.77. The minimum absolute atomic E-state index is 0.118. The highest BCUT2D eigenvalue weighted by molar-refractivity contribution is 5.85. The highest BCUT2D eigenvalue weighted by atomic mass is 16.2. The van der Waals surface area contributed by atoms with Crippen molar-refractivity contribution in [3.63, 3.8) is 0 Å². The predicted molar refractivity (Wildman–Crippen MR) is 84.2 cm³/mol. The van der Waals surface area contributed by atoms with Crippen LogP contribution in [0.5, 0.6) is 0 Å². The quantitative estimate of drug-likeness (QED) is 0.816. The summed E-state index contributed by atoms with van der Waals surface area (Å²) in [5.41, 5.74) is 5.65. The van der Waals surface area contributed by atoms with Gasteiger partial charge in [0.1, 0.15) is 6.61 Å². The van der Waals surface area contributed by atoms with Crippen molar-refractivity contribution in [3.05, 3.63) is 76.9 Å². The monoisotopic (exact) mass is 262 g/mol. The molecule has 2 aromatic carbocycles. The van der Waals surface area contributed by atoms with Crippen LogP contribution in [0.2, 0.25) is 0 Å². The average molecular weight is 262 g/mol. The molecular weight excluding hydrogens is 244 g/mol. The first-order valence-electron chi connectivity index (χ1n) is 6.66. The van der Waals surface area contributed by atoms with Crippen LogP contribution in [0, 0.1) is 18.8 Å². The molecule has 0 aliphatic heterocycles. The Morgan fingerprint density at radius 2 is 1.65 bits per heavy atom. The van der Waals surface area contributed by atoms with Crippen molar-refractivity contribution in [1.29, 1.82) is 0 Å². The molecular formula is C19H18O. The lowest BCUT2D eigenvalue weighted by Crippen LogP contribution is -1.94. The van der Waals surface area contributed by atoms with Gasteiger partial charge in [-0.25, -0.2) is 0 Å². The summed E-state index contributed by atoms with van der Waals surface area (Å²) in [5, 5.41) is 8.90. The van der Waals surface area contributed by atoms with Crippen molar-refractivity contribution in [2.75, 3.05) is 6.61 Å². The highest BCUT2D eigenvalue weighted by Gasteiger charge is 2.09. The van der Waals surface area contributed by atoms with Gasteiger partial charge >= 0.3 is 0 Å². The number of hydrogen-bond acceptors (Lipinski definition) is 1. The van der Waals surface area contributed by atoms with Crippen molar-refractivity contribution in [1.82, 2.24) is 0 Å². The third-order valence-corrected chi connectivity index (χ3v) is 3.21. The largest absolute Gasteiger partial charge is 0.384 e. The number of aliphatic hydroxyl groups is 1. The molecule has 0 bridgehead atoms. The minimum atomic E-state index is -0.118. The maximum absolute atomic E-state index is 8.90. The predicted octanol–water partition coefficient (Wildman–Crippen LogP) is 3.81. The molecule has 0 amide bonds. The molecule has 0 saturated carbocycles. The summed E-state index contributed by atoms with van der Waals surface area (Å²) in [4.78, 5) is 0. The summed E-state index contributed by atoms with van der Waals surface area (Å²) in [7, 11) is 0. The summed E-state index contributed by atoms with van der Waals surface area (Å²) in [6.07, 6.45) is 0. The Labute approximate surface area is 120 Å². The van der Waals surface area contributed by atoms with E-state index in [0.717, 1.165) is 16.7 Å². The molecule has 100 valence electrons. The van der Waals surface area contributed by atoms with Crippen LogP contribution in [0.1, 0.15) is 23.6 Å². The van der Waals surface area contributed by atoms with Crippen LogP contribution < -0.4 is 0 Å². The molecule has 2 aromatic rings. The molecule has 0 saturated heterocycles. The molecule has 0 aliphatic rings. The normalized spacial score (nSPS) is 11.3. The van der Waals surface area contributed by atoms with E-state index in [1.807, 2.05) is 37.3 Å². The van der Waals surface area contributed by atoms with Gasteiger partial charge in [0.2, 0.25) is 0 Å². The third kappa shape index (κ3) is 3.17. The zero-order valence-corrected chi connectivity index (χ0v) is 11.9. The molecule has 0 unspecified atom stereocenters. The second kappa shape index (κ2) is 6.75. The van der Waals surface area contributed by atoms with Crippen LogP contribution in [-0.4, -0.2) is 11.7 Å². The molecule has 20 heavy (non-hydrogen) atoms. The van der Waals surface area contributed by atoms with Gasteiger partial charge < -0.3 is 5.11 Å². The third-order valence-electron chi connectivity index (χ3n) is 3.21. The SMILES string of the molecule is CC(C#CCO)=C(c1ccccc1)c1ccccc1C. The van der Waals surface area contributed by atoms with Crippen LogP contribution >= 0.6 is 0 Å². The number of allylic oxidation sites excluding steroid dienone is 1. The van der Waals surface area contributed by atoms with E-state index in [0.29, 0.717) is 0 Å². The van der Waals surface area contributed by atoms with Gasteiger partial charge in [0.05, 0.1) is 0 Å². The zero-order chi connectivity index (χ0) is 14.4. The summed E-state index contributed by atoms with van der Waals surface area (Å²) >= 11 is 0. The molecule has 1 N–H and O–H groups in total. The van der Waals surface area contributed by atoms with E-state index in [2.05, 4.69) is 43.0 Å². The lowest BCUT2D eigenvalue weighted by molar-refractivity contribution is 0.350. The van der Waals surface area contributed by atoms with E-state index < -0.39 is 0 Å². The maximum Gasteiger partial charge on any atom is 0.104 e. The molecule has 1 heteroatoms. The van der Waals surface area contributed by atoms with Gasteiger partial charge in [-0.05, 0) is 30.5 Å². The van der Waals surface area contributed by atoms with Crippen LogP contribution in [0.4, 0.5) is 0 Å². The molecule has 0 aromatic heterocycles. The lowest BCUT2D eigenvalue weighted by atomic mass is 9.91. The first-order chi connectivity index (χ1) is 9.74. The molecule has 0 atom stereocenters. The fourth-order valence-electron chi connectivity index (χ4n) is 2.27. The van der Waals surface area contributed by atoms with Crippen molar-refractivity contribution in [2.45, 2.75) is 13.8 Å². The number of hydrogen-bond donors (Lipinski definition) is 1. The number of benzene rings is 2. The lowest BCUT2D eigenvalue weighted by Gasteiger charge is -2.13.